The topological polar surface area (TPSA) is 24.9 Å². The minimum absolute atomic E-state index is 0. The normalized spacial score (nSPS) is 10.0. The SMILES string of the molecule is Cc1ccc(Nc2nc(-c3ccc(F)cc3)cs2)cc1.[Br-]. The Labute approximate surface area is 137 Å². The fourth-order valence-corrected chi connectivity index (χ4v) is 2.58. The molecule has 21 heavy (non-hydrogen) atoms. The van der Waals surface area contributed by atoms with Crippen LogP contribution in [0.4, 0.5) is 15.2 Å². The van der Waals surface area contributed by atoms with Crippen LogP contribution < -0.4 is 22.3 Å². The molecule has 3 aromatic rings. The first-order chi connectivity index (χ1) is 9.70. The molecule has 0 amide bonds. The number of nitrogens with one attached hydrogen (secondary N) is 1. The maximum absolute atomic E-state index is 12.9. The van der Waals surface area contributed by atoms with Crippen LogP contribution in [0.15, 0.2) is 53.9 Å². The first-order valence-corrected chi connectivity index (χ1v) is 7.14. The van der Waals surface area contributed by atoms with Crippen molar-refractivity contribution >= 4 is 22.2 Å². The van der Waals surface area contributed by atoms with Gasteiger partial charge in [-0.15, -0.1) is 11.3 Å². The molecule has 0 atom stereocenters. The number of hydrogen-bond donors (Lipinski definition) is 1. The third kappa shape index (κ3) is 3.89. The Balaban J connectivity index is 0.00000161. The van der Waals surface area contributed by atoms with Crippen molar-refractivity contribution in [3.8, 4) is 11.3 Å². The number of halogens is 2. The number of nitrogens with zero attached hydrogens (tertiary/aromatic N) is 1. The second-order valence-corrected chi connectivity index (χ2v) is 5.39. The molecule has 0 saturated heterocycles. The lowest BCUT2D eigenvalue weighted by molar-refractivity contribution is -0.00000461. The van der Waals surface area contributed by atoms with Crippen molar-refractivity contribution in [2.24, 2.45) is 0 Å². The molecule has 0 spiro atoms. The molecule has 2 aromatic carbocycles. The van der Waals surface area contributed by atoms with Crippen LogP contribution in [0, 0.1) is 12.7 Å². The van der Waals surface area contributed by atoms with Gasteiger partial charge in [0.25, 0.3) is 0 Å². The molecule has 0 fully saturated rings. The van der Waals surface area contributed by atoms with E-state index in [-0.39, 0.29) is 22.8 Å². The Kier molecular flexibility index (Phi) is 5.09. The van der Waals surface area contributed by atoms with E-state index >= 15 is 0 Å². The summed E-state index contributed by atoms with van der Waals surface area (Å²) in [6.45, 7) is 2.06. The fraction of sp³-hybridized carbons (Fsp3) is 0.0625. The molecule has 108 valence electrons. The Morgan fingerprint density at radius 2 is 1.67 bits per heavy atom. The van der Waals surface area contributed by atoms with E-state index < -0.39 is 0 Å². The van der Waals surface area contributed by atoms with Gasteiger partial charge in [0.05, 0.1) is 5.69 Å². The van der Waals surface area contributed by atoms with Crippen LogP contribution in [0.5, 0.6) is 0 Å². The zero-order valence-corrected chi connectivity index (χ0v) is 13.7. The Bertz CT molecular complexity index is 708. The summed E-state index contributed by atoms with van der Waals surface area (Å²) in [5.41, 5.74) is 4.00. The summed E-state index contributed by atoms with van der Waals surface area (Å²) < 4.78 is 12.9. The second-order valence-electron chi connectivity index (χ2n) is 4.54. The molecule has 1 heterocycles. The van der Waals surface area contributed by atoms with E-state index in [1.807, 2.05) is 17.5 Å². The van der Waals surface area contributed by atoms with Crippen molar-refractivity contribution < 1.29 is 21.4 Å². The van der Waals surface area contributed by atoms with Crippen LogP contribution in [0.3, 0.4) is 0 Å². The number of thiazole rings is 1. The average molecular weight is 364 g/mol. The second kappa shape index (κ2) is 6.83. The zero-order chi connectivity index (χ0) is 13.9. The van der Waals surface area contributed by atoms with Gasteiger partial charge in [0.15, 0.2) is 5.13 Å². The van der Waals surface area contributed by atoms with Gasteiger partial charge in [0.2, 0.25) is 0 Å². The van der Waals surface area contributed by atoms with E-state index in [4.69, 9.17) is 0 Å². The monoisotopic (exact) mass is 363 g/mol. The lowest BCUT2D eigenvalue weighted by atomic mass is 10.2. The standard InChI is InChI=1S/C16H13FN2S.BrH/c1-11-2-8-14(9-3-11)18-16-19-15(10-20-16)12-4-6-13(17)7-5-12;/h2-10H,1H3,(H,18,19);1H/p-1. The van der Waals surface area contributed by atoms with Gasteiger partial charge >= 0.3 is 0 Å². The molecule has 5 heteroatoms. The highest BCUT2D eigenvalue weighted by Crippen LogP contribution is 2.27. The molecule has 0 radical (unpaired) electrons. The third-order valence-electron chi connectivity index (χ3n) is 2.95. The highest BCUT2D eigenvalue weighted by molar-refractivity contribution is 7.14. The highest BCUT2D eigenvalue weighted by Gasteiger charge is 2.05. The predicted molar refractivity (Wildman–Crippen MR) is 82.0 cm³/mol. The maximum Gasteiger partial charge on any atom is 0.187 e. The summed E-state index contributed by atoms with van der Waals surface area (Å²) in [7, 11) is 0. The van der Waals surface area contributed by atoms with Crippen molar-refractivity contribution in [1.29, 1.82) is 0 Å². The van der Waals surface area contributed by atoms with Gasteiger partial charge in [-0.05, 0) is 43.3 Å². The van der Waals surface area contributed by atoms with E-state index in [9.17, 15) is 4.39 Å². The fourth-order valence-electron chi connectivity index (χ4n) is 1.84. The van der Waals surface area contributed by atoms with E-state index in [0.29, 0.717) is 0 Å². The van der Waals surface area contributed by atoms with Crippen LogP contribution in [-0.2, 0) is 0 Å². The molecular weight excluding hydrogens is 351 g/mol. The lowest BCUT2D eigenvalue weighted by Crippen LogP contribution is -3.00. The first kappa shape index (κ1) is 15.7. The summed E-state index contributed by atoms with van der Waals surface area (Å²) in [6, 6.07) is 14.5. The molecular formula is C16H13BrFN2S-. The summed E-state index contributed by atoms with van der Waals surface area (Å²) >= 11 is 1.53. The van der Waals surface area contributed by atoms with Crippen molar-refractivity contribution in [3.63, 3.8) is 0 Å². The molecule has 0 saturated carbocycles. The maximum atomic E-state index is 12.9. The minimum atomic E-state index is -0.234. The minimum Gasteiger partial charge on any atom is -1.00 e. The molecule has 1 N–H and O–H groups in total. The van der Waals surface area contributed by atoms with Crippen molar-refractivity contribution in [2.75, 3.05) is 5.32 Å². The largest absolute Gasteiger partial charge is 1.00 e. The van der Waals surface area contributed by atoms with E-state index in [2.05, 4.69) is 29.4 Å². The number of aryl methyl sites for hydroxylation is 1. The smallest absolute Gasteiger partial charge is 0.187 e. The van der Waals surface area contributed by atoms with Gasteiger partial charge < -0.3 is 22.3 Å². The third-order valence-corrected chi connectivity index (χ3v) is 3.70. The van der Waals surface area contributed by atoms with Crippen LogP contribution in [0.2, 0.25) is 0 Å². The molecule has 0 aliphatic heterocycles. The Morgan fingerprint density at radius 3 is 2.33 bits per heavy atom. The van der Waals surface area contributed by atoms with Gasteiger partial charge in [-0.1, -0.05) is 17.7 Å². The van der Waals surface area contributed by atoms with Gasteiger partial charge in [-0.3, -0.25) is 0 Å². The molecule has 3 rings (SSSR count). The van der Waals surface area contributed by atoms with Crippen LogP contribution in [0.1, 0.15) is 5.56 Å². The number of hydrogen-bond acceptors (Lipinski definition) is 3. The van der Waals surface area contributed by atoms with Crippen LogP contribution in [-0.4, -0.2) is 4.98 Å². The molecule has 0 bridgehead atoms. The highest BCUT2D eigenvalue weighted by atomic mass is 79.9. The Morgan fingerprint density at radius 1 is 1.00 bits per heavy atom. The Hall–Kier alpha value is -1.72. The molecule has 0 aliphatic carbocycles. The van der Waals surface area contributed by atoms with Crippen molar-refractivity contribution in [2.45, 2.75) is 6.92 Å². The van der Waals surface area contributed by atoms with E-state index in [1.165, 1.54) is 29.0 Å². The summed E-state index contributed by atoms with van der Waals surface area (Å²) in [4.78, 5) is 4.51. The molecule has 0 unspecified atom stereocenters. The van der Waals surface area contributed by atoms with Gasteiger partial charge in [-0.25, -0.2) is 9.37 Å². The van der Waals surface area contributed by atoms with Crippen LogP contribution in [0.25, 0.3) is 11.3 Å². The predicted octanol–water partition coefficient (Wildman–Crippen LogP) is 2.01. The van der Waals surface area contributed by atoms with Crippen LogP contribution >= 0.6 is 11.3 Å². The first-order valence-electron chi connectivity index (χ1n) is 6.26. The van der Waals surface area contributed by atoms with E-state index in [1.54, 1.807) is 12.1 Å². The summed E-state index contributed by atoms with van der Waals surface area (Å²) in [6.07, 6.45) is 0. The van der Waals surface area contributed by atoms with Gasteiger partial charge in [-0.2, -0.15) is 0 Å². The number of rotatable bonds is 3. The number of aromatic nitrogens is 1. The van der Waals surface area contributed by atoms with Gasteiger partial charge in [0, 0.05) is 16.6 Å². The molecule has 1 aromatic heterocycles. The number of anilines is 2. The molecule has 2 nitrogen and oxygen atoms in total. The average Bonchev–Trinajstić information content (AvgIpc) is 2.91. The van der Waals surface area contributed by atoms with E-state index in [0.717, 1.165) is 22.1 Å². The summed E-state index contributed by atoms with van der Waals surface area (Å²) in [5.74, 6) is -0.234. The lowest BCUT2D eigenvalue weighted by Gasteiger charge is -2.02. The zero-order valence-electron chi connectivity index (χ0n) is 11.3. The molecule has 0 aliphatic rings. The summed E-state index contributed by atoms with van der Waals surface area (Å²) in [5, 5.41) is 6.06. The van der Waals surface area contributed by atoms with Crippen molar-refractivity contribution in [1.82, 2.24) is 4.98 Å². The van der Waals surface area contributed by atoms with Gasteiger partial charge in [0.1, 0.15) is 5.82 Å². The number of benzene rings is 2. The van der Waals surface area contributed by atoms with Crippen molar-refractivity contribution in [3.05, 3.63) is 65.3 Å². The quantitative estimate of drug-likeness (QED) is 0.769.